The van der Waals surface area contributed by atoms with Crippen molar-refractivity contribution >= 4 is 6.21 Å². The summed E-state index contributed by atoms with van der Waals surface area (Å²) in [7, 11) is 0. The fourth-order valence-electron chi connectivity index (χ4n) is 1.37. The summed E-state index contributed by atoms with van der Waals surface area (Å²) in [6, 6.07) is 6.25. The molecule has 0 aliphatic heterocycles. The fourth-order valence-corrected chi connectivity index (χ4v) is 1.37. The van der Waals surface area contributed by atoms with Gasteiger partial charge in [-0.15, -0.1) is 10.2 Å². The Kier molecular flexibility index (Phi) is 2.81. The smallest absolute Gasteiger partial charge is 0.151 e. The van der Waals surface area contributed by atoms with Gasteiger partial charge < -0.3 is 0 Å². The summed E-state index contributed by atoms with van der Waals surface area (Å²) in [4.78, 5) is 0. The number of benzene rings is 1. The van der Waals surface area contributed by atoms with E-state index in [1.165, 1.54) is 11.1 Å². The van der Waals surface area contributed by atoms with Crippen molar-refractivity contribution in [2.75, 3.05) is 0 Å². The van der Waals surface area contributed by atoms with Gasteiger partial charge in [0.15, 0.2) is 5.82 Å². The number of hydrogen-bond acceptors (Lipinski definition) is 3. The summed E-state index contributed by atoms with van der Waals surface area (Å²) in [5, 5.41) is 11.9. The van der Waals surface area contributed by atoms with Gasteiger partial charge in [0.25, 0.3) is 0 Å². The molecule has 0 aliphatic rings. The van der Waals surface area contributed by atoms with Gasteiger partial charge in [-0.3, -0.25) is 0 Å². The average molecular weight is 214 g/mol. The molecule has 2 rings (SSSR count). The van der Waals surface area contributed by atoms with Gasteiger partial charge in [0.2, 0.25) is 0 Å². The van der Waals surface area contributed by atoms with Crippen molar-refractivity contribution in [2.45, 2.75) is 20.8 Å². The number of nitrogens with zero attached hydrogens (tertiary/aromatic N) is 4. The molecule has 0 unspecified atom stereocenters. The highest BCUT2D eigenvalue weighted by molar-refractivity contribution is 5.79. The average Bonchev–Trinajstić information content (AvgIpc) is 2.66. The van der Waals surface area contributed by atoms with Crippen LogP contribution in [-0.2, 0) is 0 Å². The minimum atomic E-state index is 0.778. The predicted octanol–water partition coefficient (Wildman–Crippen LogP) is 2.09. The van der Waals surface area contributed by atoms with Gasteiger partial charge in [-0.1, -0.05) is 18.2 Å². The summed E-state index contributed by atoms with van der Waals surface area (Å²) < 4.78 is 1.65. The second-order valence-corrected chi connectivity index (χ2v) is 3.81. The van der Waals surface area contributed by atoms with Crippen LogP contribution in [0.3, 0.4) is 0 Å². The van der Waals surface area contributed by atoms with E-state index in [0.717, 1.165) is 11.4 Å². The van der Waals surface area contributed by atoms with E-state index >= 15 is 0 Å². The Hall–Kier alpha value is -1.97. The quantitative estimate of drug-likeness (QED) is 0.718. The maximum atomic E-state index is 4.27. The lowest BCUT2D eigenvalue weighted by Gasteiger charge is -2.00. The molecule has 0 atom stereocenters. The highest BCUT2D eigenvalue weighted by atomic mass is 15.4. The van der Waals surface area contributed by atoms with Crippen LogP contribution in [0, 0.1) is 20.8 Å². The van der Waals surface area contributed by atoms with Crippen molar-refractivity contribution in [3.05, 3.63) is 47.0 Å². The Morgan fingerprint density at radius 2 is 2.00 bits per heavy atom. The predicted molar refractivity (Wildman–Crippen MR) is 63.7 cm³/mol. The highest BCUT2D eigenvalue weighted by Crippen LogP contribution is 2.08. The maximum absolute atomic E-state index is 4.27. The SMILES string of the molecule is Cc1ccc(C=Nn2cnnc2C)cc1C. The number of rotatable bonds is 2. The molecule has 0 N–H and O–H groups in total. The molecule has 0 fully saturated rings. The van der Waals surface area contributed by atoms with Crippen LogP contribution in [0.4, 0.5) is 0 Å². The Bertz CT molecular complexity index is 526. The summed E-state index contributed by atoms with van der Waals surface area (Å²) in [6.07, 6.45) is 3.40. The van der Waals surface area contributed by atoms with Gasteiger partial charge in [0, 0.05) is 0 Å². The Morgan fingerprint density at radius 3 is 2.62 bits per heavy atom. The summed E-state index contributed by atoms with van der Waals surface area (Å²) in [5.41, 5.74) is 3.64. The van der Waals surface area contributed by atoms with Crippen molar-refractivity contribution < 1.29 is 0 Å². The van der Waals surface area contributed by atoms with Gasteiger partial charge in [-0.05, 0) is 37.5 Å². The third-order valence-electron chi connectivity index (χ3n) is 2.56. The molecular weight excluding hydrogens is 200 g/mol. The van der Waals surface area contributed by atoms with Crippen molar-refractivity contribution in [3.8, 4) is 0 Å². The first kappa shape index (κ1) is 10.5. The second-order valence-electron chi connectivity index (χ2n) is 3.81. The van der Waals surface area contributed by atoms with E-state index in [2.05, 4.69) is 41.3 Å². The highest BCUT2D eigenvalue weighted by Gasteiger charge is 1.95. The molecule has 0 bridgehead atoms. The molecular formula is C12H14N4. The third kappa shape index (κ3) is 2.16. The molecule has 1 aromatic carbocycles. The van der Waals surface area contributed by atoms with Crippen LogP contribution in [0.25, 0.3) is 0 Å². The minimum absolute atomic E-state index is 0.778. The molecule has 82 valence electrons. The van der Waals surface area contributed by atoms with Crippen LogP contribution >= 0.6 is 0 Å². The van der Waals surface area contributed by atoms with E-state index in [1.807, 2.05) is 19.2 Å². The molecule has 0 saturated carbocycles. The van der Waals surface area contributed by atoms with Crippen molar-refractivity contribution in [2.24, 2.45) is 5.10 Å². The van der Waals surface area contributed by atoms with Gasteiger partial charge in [-0.25, -0.2) is 4.68 Å². The Balaban J connectivity index is 2.24. The topological polar surface area (TPSA) is 43.1 Å². The first-order valence-corrected chi connectivity index (χ1v) is 5.15. The van der Waals surface area contributed by atoms with Gasteiger partial charge in [-0.2, -0.15) is 5.10 Å². The molecule has 2 aromatic rings. The van der Waals surface area contributed by atoms with E-state index in [-0.39, 0.29) is 0 Å². The van der Waals surface area contributed by atoms with E-state index in [9.17, 15) is 0 Å². The van der Waals surface area contributed by atoms with E-state index in [1.54, 1.807) is 11.0 Å². The van der Waals surface area contributed by atoms with Gasteiger partial charge in [0.1, 0.15) is 6.33 Å². The van der Waals surface area contributed by atoms with Crippen LogP contribution < -0.4 is 0 Å². The Labute approximate surface area is 94.6 Å². The maximum Gasteiger partial charge on any atom is 0.151 e. The second kappa shape index (κ2) is 4.26. The van der Waals surface area contributed by atoms with Crippen LogP contribution in [0.15, 0.2) is 29.6 Å². The minimum Gasteiger partial charge on any atom is -0.205 e. The van der Waals surface area contributed by atoms with Crippen LogP contribution in [0.5, 0.6) is 0 Å². The summed E-state index contributed by atoms with van der Waals surface area (Å²) in [6.45, 7) is 6.06. The number of aromatic nitrogens is 3. The number of aryl methyl sites for hydroxylation is 3. The van der Waals surface area contributed by atoms with Crippen LogP contribution in [0.2, 0.25) is 0 Å². The zero-order valence-corrected chi connectivity index (χ0v) is 9.68. The molecule has 0 aliphatic carbocycles. The molecule has 16 heavy (non-hydrogen) atoms. The molecule has 0 radical (unpaired) electrons. The first-order chi connectivity index (χ1) is 7.66. The van der Waals surface area contributed by atoms with Crippen molar-refractivity contribution in [3.63, 3.8) is 0 Å². The van der Waals surface area contributed by atoms with Gasteiger partial charge in [0.05, 0.1) is 6.21 Å². The lowest BCUT2D eigenvalue weighted by molar-refractivity contribution is 0.832. The van der Waals surface area contributed by atoms with Crippen LogP contribution in [0.1, 0.15) is 22.5 Å². The summed E-state index contributed by atoms with van der Waals surface area (Å²) in [5.74, 6) is 0.778. The lowest BCUT2D eigenvalue weighted by atomic mass is 10.1. The largest absolute Gasteiger partial charge is 0.205 e. The molecule has 1 aromatic heterocycles. The van der Waals surface area contributed by atoms with E-state index in [0.29, 0.717) is 0 Å². The lowest BCUT2D eigenvalue weighted by Crippen LogP contribution is -1.93. The van der Waals surface area contributed by atoms with Crippen molar-refractivity contribution in [1.29, 1.82) is 0 Å². The normalized spacial score (nSPS) is 11.2. The van der Waals surface area contributed by atoms with E-state index in [4.69, 9.17) is 0 Å². The standard InChI is InChI=1S/C12H14N4/c1-9-4-5-12(6-10(9)2)7-14-16-8-13-15-11(16)3/h4-8H,1-3H3. The fraction of sp³-hybridized carbons (Fsp3) is 0.250. The molecule has 0 amide bonds. The zero-order chi connectivity index (χ0) is 11.5. The monoisotopic (exact) mass is 214 g/mol. The molecule has 4 nitrogen and oxygen atoms in total. The zero-order valence-electron chi connectivity index (χ0n) is 9.68. The van der Waals surface area contributed by atoms with Crippen molar-refractivity contribution in [1.82, 2.24) is 14.9 Å². The van der Waals surface area contributed by atoms with Crippen LogP contribution in [-0.4, -0.2) is 21.1 Å². The van der Waals surface area contributed by atoms with E-state index < -0.39 is 0 Å². The summed E-state index contributed by atoms with van der Waals surface area (Å²) >= 11 is 0. The Morgan fingerprint density at radius 1 is 1.19 bits per heavy atom. The first-order valence-electron chi connectivity index (χ1n) is 5.15. The molecule has 0 saturated heterocycles. The van der Waals surface area contributed by atoms with Gasteiger partial charge >= 0.3 is 0 Å². The third-order valence-corrected chi connectivity index (χ3v) is 2.56. The molecule has 4 heteroatoms. The number of hydrogen-bond donors (Lipinski definition) is 0. The molecule has 1 heterocycles. The molecule has 0 spiro atoms.